The molecule has 0 saturated carbocycles. The molecule has 0 aliphatic carbocycles. The molecule has 0 bridgehead atoms. The Morgan fingerprint density at radius 3 is 2.95 bits per heavy atom. The molecule has 0 fully saturated rings. The second-order valence-corrected chi connectivity index (χ2v) is 4.57. The van der Waals surface area contributed by atoms with Crippen LogP contribution in [0.5, 0.6) is 0 Å². The maximum atomic E-state index is 12.0. The van der Waals surface area contributed by atoms with Gasteiger partial charge in [-0.15, -0.1) is 0 Å². The summed E-state index contributed by atoms with van der Waals surface area (Å²) in [5.74, 6) is 0.526. The number of nitrogens with one attached hydrogen (secondary N) is 1. The number of carbonyl (C=O) groups excluding carboxylic acids is 1. The molecule has 0 aromatic carbocycles. The zero-order valence-electron chi connectivity index (χ0n) is 11.4. The molecule has 0 radical (unpaired) electrons. The van der Waals surface area contributed by atoms with Gasteiger partial charge in [-0.25, -0.2) is 0 Å². The van der Waals surface area contributed by atoms with Crippen molar-refractivity contribution in [1.29, 1.82) is 0 Å². The summed E-state index contributed by atoms with van der Waals surface area (Å²) in [6.45, 7) is 1.40. The van der Waals surface area contributed by atoms with E-state index >= 15 is 0 Å². The van der Waals surface area contributed by atoms with Crippen LogP contribution in [0.25, 0.3) is 11.5 Å². The lowest BCUT2D eigenvalue weighted by molar-refractivity contribution is 0.0941. The Kier molecular flexibility index (Phi) is 4.01. The Hall–Kier alpha value is -2.08. The summed E-state index contributed by atoms with van der Waals surface area (Å²) >= 11 is 0. The molecule has 2 heterocycles. The minimum absolute atomic E-state index is 0.130. The summed E-state index contributed by atoms with van der Waals surface area (Å²) in [4.78, 5) is 14.0. The van der Waals surface area contributed by atoms with Gasteiger partial charge in [0.15, 0.2) is 5.76 Å². The lowest BCUT2D eigenvalue weighted by Crippen LogP contribution is -2.32. The first-order valence-electron chi connectivity index (χ1n) is 6.09. The van der Waals surface area contributed by atoms with Crippen molar-refractivity contribution in [2.24, 2.45) is 7.05 Å². The largest absolute Gasteiger partial charge is 0.463 e. The maximum absolute atomic E-state index is 12.0. The molecule has 2 aromatic heterocycles. The second kappa shape index (κ2) is 5.71. The van der Waals surface area contributed by atoms with Gasteiger partial charge < -0.3 is 14.6 Å². The van der Waals surface area contributed by atoms with Crippen LogP contribution in [0.15, 0.2) is 28.9 Å². The van der Waals surface area contributed by atoms with Crippen LogP contribution in [0.2, 0.25) is 0 Å². The molecule has 2 rings (SSSR count). The van der Waals surface area contributed by atoms with Crippen LogP contribution < -0.4 is 5.32 Å². The maximum Gasteiger partial charge on any atom is 0.269 e. The molecule has 0 atom stereocenters. The highest BCUT2D eigenvalue weighted by molar-refractivity contribution is 5.93. The van der Waals surface area contributed by atoms with Crippen LogP contribution >= 0.6 is 0 Å². The van der Waals surface area contributed by atoms with Gasteiger partial charge in [-0.1, -0.05) is 0 Å². The predicted molar refractivity (Wildman–Crippen MR) is 71.8 cm³/mol. The molecule has 1 N–H and O–H groups in total. The Morgan fingerprint density at radius 1 is 1.53 bits per heavy atom. The number of carbonyl (C=O) groups is 1. The van der Waals surface area contributed by atoms with Gasteiger partial charge in [-0.2, -0.15) is 5.10 Å². The Bertz CT molecular complexity index is 543. The van der Waals surface area contributed by atoms with Crippen molar-refractivity contribution >= 4 is 5.91 Å². The molecule has 0 spiro atoms. The first-order chi connectivity index (χ1) is 9.08. The van der Waals surface area contributed by atoms with E-state index in [-0.39, 0.29) is 5.91 Å². The van der Waals surface area contributed by atoms with Crippen molar-refractivity contribution in [2.75, 3.05) is 27.2 Å². The fourth-order valence-electron chi connectivity index (χ4n) is 1.71. The normalized spacial score (nSPS) is 10.9. The van der Waals surface area contributed by atoms with E-state index in [1.54, 1.807) is 30.1 Å². The lowest BCUT2D eigenvalue weighted by atomic mass is 10.3. The third-order valence-electron chi connectivity index (χ3n) is 2.73. The number of aryl methyl sites for hydroxylation is 1. The highest BCUT2D eigenvalue weighted by Crippen LogP contribution is 2.18. The van der Waals surface area contributed by atoms with E-state index in [0.717, 1.165) is 6.54 Å². The van der Waals surface area contributed by atoms with E-state index in [0.29, 0.717) is 23.7 Å². The van der Waals surface area contributed by atoms with E-state index < -0.39 is 0 Å². The number of rotatable bonds is 5. The number of furan rings is 1. The van der Waals surface area contributed by atoms with Crippen molar-refractivity contribution in [3.63, 3.8) is 0 Å². The van der Waals surface area contributed by atoms with E-state index in [1.807, 2.05) is 25.1 Å². The highest BCUT2D eigenvalue weighted by atomic mass is 16.3. The van der Waals surface area contributed by atoms with Gasteiger partial charge in [0.25, 0.3) is 5.91 Å². The monoisotopic (exact) mass is 262 g/mol. The molecule has 19 heavy (non-hydrogen) atoms. The Balaban J connectivity index is 2.06. The minimum Gasteiger partial charge on any atom is -0.463 e. The lowest BCUT2D eigenvalue weighted by Gasteiger charge is -2.10. The van der Waals surface area contributed by atoms with Crippen LogP contribution in [0.4, 0.5) is 0 Å². The zero-order chi connectivity index (χ0) is 13.8. The summed E-state index contributed by atoms with van der Waals surface area (Å²) in [5.41, 5.74) is 1.18. The van der Waals surface area contributed by atoms with Crippen molar-refractivity contribution in [3.8, 4) is 11.5 Å². The minimum atomic E-state index is -0.130. The van der Waals surface area contributed by atoms with Gasteiger partial charge in [0, 0.05) is 26.2 Å². The van der Waals surface area contributed by atoms with Crippen molar-refractivity contribution in [2.45, 2.75) is 0 Å². The highest BCUT2D eigenvalue weighted by Gasteiger charge is 2.15. The van der Waals surface area contributed by atoms with Crippen LogP contribution in [0.3, 0.4) is 0 Å². The molecule has 2 aromatic rings. The Labute approximate surface area is 112 Å². The fourth-order valence-corrected chi connectivity index (χ4v) is 1.71. The van der Waals surface area contributed by atoms with Crippen molar-refractivity contribution in [1.82, 2.24) is 20.0 Å². The average Bonchev–Trinajstić information content (AvgIpc) is 2.96. The average molecular weight is 262 g/mol. The number of nitrogens with zero attached hydrogens (tertiary/aromatic N) is 3. The van der Waals surface area contributed by atoms with Crippen molar-refractivity contribution in [3.05, 3.63) is 30.2 Å². The quantitative estimate of drug-likeness (QED) is 0.872. The number of amides is 1. The molecule has 0 saturated heterocycles. The van der Waals surface area contributed by atoms with Gasteiger partial charge in [-0.05, 0) is 26.2 Å². The first kappa shape index (κ1) is 13.4. The molecule has 0 aliphatic heterocycles. The van der Waals surface area contributed by atoms with E-state index in [1.165, 1.54) is 0 Å². The van der Waals surface area contributed by atoms with Crippen LogP contribution in [0.1, 0.15) is 10.5 Å². The van der Waals surface area contributed by atoms with Gasteiger partial charge in [0.05, 0.1) is 6.26 Å². The fraction of sp³-hybridized carbons (Fsp3) is 0.385. The third kappa shape index (κ3) is 3.23. The molecule has 6 heteroatoms. The zero-order valence-corrected chi connectivity index (χ0v) is 11.4. The van der Waals surface area contributed by atoms with E-state index in [9.17, 15) is 4.79 Å². The second-order valence-electron chi connectivity index (χ2n) is 4.57. The SMILES string of the molecule is CN(C)CCNC(=O)c1cc(-c2ccco2)nn1C. The summed E-state index contributed by atoms with van der Waals surface area (Å²) in [6, 6.07) is 5.33. The number of aromatic nitrogens is 2. The van der Waals surface area contributed by atoms with Gasteiger partial charge in [-0.3, -0.25) is 9.48 Å². The molecule has 6 nitrogen and oxygen atoms in total. The molecule has 0 aliphatic rings. The summed E-state index contributed by atoms with van der Waals surface area (Å²) in [7, 11) is 5.67. The number of hydrogen-bond acceptors (Lipinski definition) is 4. The molecular formula is C13H18N4O2. The first-order valence-corrected chi connectivity index (χ1v) is 6.09. The van der Waals surface area contributed by atoms with Gasteiger partial charge in [0.1, 0.15) is 11.4 Å². The Morgan fingerprint density at radius 2 is 2.32 bits per heavy atom. The molecular weight excluding hydrogens is 244 g/mol. The predicted octanol–water partition coefficient (Wildman–Crippen LogP) is 0.971. The standard InChI is InChI=1S/C13H18N4O2/c1-16(2)7-6-14-13(18)11-9-10(15-17(11)3)12-5-4-8-19-12/h4-5,8-9H,6-7H2,1-3H3,(H,14,18). The smallest absolute Gasteiger partial charge is 0.269 e. The van der Waals surface area contributed by atoms with E-state index in [2.05, 4.69) is 10.4 Å². The summed E-state index contributed by atoms with van der Waals surface area (Å²) in [5, 5.41) is 7.13. The summed E-state index contributed by atoms with van der Waals surface area (Å²) < 4.78 is 6.82. The van der Waals surface area contributed by atoms with Crippen LogP contribution in [-0.4, -0.2) is 47.8 Å². The third-order valence-corrected chi connectivity index (χ3v) is 2.73. The number of hydrogen-bond donors (Lipinski definition) is 1. The summed E-state index contributed by atoms with van der Waals surface area (Å²) in [6.07, 6.45) is 1.58. The molecule has 102 valence electrons. The topological polar surface area (TPSA) is 63.3 Å². The van der Waals surface area contributed by atoms with Crippen LogP contribution in [0, 0.1) is 0 Å². The van der Waals surface area contributed by atoms with Crippen LogP contribution in [-0.2, 0) is 7.05 Å². The van der Waals surface area contributed by atoms with Crippen molar-refractivity contribution < 1.29 is 9.21 Å². The van der Waals surface area contributed by atoms with E-state index in [4.69, 9.17) is 4.42 Å². The number of likely N-dealkylation sites (N-methyl/N-ethyl adjacent to an activating group) is 1. The molecule has 0 unspecified atom stereocenters. The van der Waals surface area contributed by atoms with Gasteiger partial charge in [0.2, 0.25) is 0 Å². The molecule has 1 amide bonds. The van der Waals surface area contributed by atoms with Gasteiger partial charge >= 0.3 is 0 Å².